The van der Waals surface area contributed by atoms with E-state index in [1.807, 2.05) is 25.1 Å². The predicted molar refractivity (Wildman–Crippen MR) is 97.0 cm³/mol. The summed E-state index contributed by atoms with van der Waals surface area (Å²) in [5.74, 6) is 1.53. The molecule has 0 radical (unpaired) electrons. The maximum atomic E-state index is 12.4. The summed E-state index contributed by atoms with van der Waals surface area (Å²) in [5.41, 5.74) is 1.79. The second kappa shape index (κ2) is 7.94. The van der Waals surface area contributed by atoms with Crippen LogP contribution in [0.4, 0.5) is 11.5 Å². The molecule has 0 bridgehead atoms. The van der Waals surface area contributed by atoms with Gasteiger partial charge in [-0.25, -0.2) is 4.98 Å². The lowest BCUT2D eigenvalue weighted by atomic mass is 10.2. The van der Waals surface area contributed by atoms with Crippen LogP contribution in [0.25, 0.3) is 0 Å². The normalized spacial score (nSPS) is 15.0. The molecular weight excluding hydrogens is 318 g/mol. The number of carbonyl (C=O) groups excluding carboxylic acids is 1. The third-order valence-electron chi connectivity index (χ3n) is 4.24. The van der Waals surface area contributed by atoms with E-state index < -0.39 is 0 Å². The van der Waals surface area contributed by atoms with Crippen molar-refractivity contribution in [3.8, 4) is 5.75 Å². The molecule has 1 amide bonds. The van der Waals surface area contributed by atoms with Gasteiger partial charge in [-0.05, 0) is 24.6 Å². The zero-order chi connectivity index (χ0) is 17.6. The van der Waals surface area contributed by atoms with Crippen LogP contribution in [0.2, 0.25) is 0 Å². The summed E-state index contributed by atoms with van der Waals surface area (Å²) in [6, 6.07) is 5.74. The molecule has 25 heavy (non-hydrogen) atoms. The molecule has 1 aliphatic heterocycles. The molecule has 1 aliphatic rings. The summed E-state index contributed by atoms with van der Waals surface area (Å²) in [6.45, 7) is 5.65. The van der Waals surface area contributed by atoms with Crippen LogP contribution in [0.5, 0.6) is 5.75 Å². The Bertz CT molecular complexity index is 715. The topological polar surface area (TPSA) is 70.6 Å². The number of aryl methyl sites for hydroxylation is 1. The number of hydrogen-bond donors (Lipinski definition) is 1. The SMILES string of the molecule is COc1ccc(C)cc1NC(=O)CN1CCN(c2cnccn2)CC1. The largest absolute Gasteiger partial charge is 0.495 e. The highest BCUT2D eigenvalue weighted by Gasteiger charge is 2.20. The van der Waals surface area contributed by atoms with Crippen molar-refractivity contribution >= 4 is 17.4 Å². The smallest absolute Gasteiger partial charge is 0.238 e. The Balaban J connectivity index is 1.52. The fourth-order valence-corrected chi connectivity index (χ4v) is 2.90. The maximum Gasteiger partial charge on any atom is 0.238 e. The Morgan fingerprint density at radius 3 is 2.72 bits per heavy atom. The lowest BCUT2D eigenvalue weighted by molar-refractivity contribution is -0.117. The average molecular weight is 341 g/mol. The van der Waals surface area contributed by atoms with Gasteiger partial charge in [-0.3, -0.25) is 14.7 Å². The highest BCUT2D eigenvalue weighted by molar-refractivity contribution is 5.93. The monoisotopic (exact) mass is 341 g/mol. The van der Waals surface area contributed by atoms with Crippen LogP contribution in [-0.2, 0) is 4.79 Å². The third kappa shape index (κ3) is 4.45. The van der Waals surface area contributed by atoms with Crippen molar-refractivity contribution in [2.45, 2.75) is 6.92 Å². The van der Waals surface area contributed by atoms with E-state index in [4.69, 9.17) is 4.74 Å². The molecule has 0 spiro atoms. The van der Waals surface area contributed by atoms with Crippen molar-refractivity contribution in [3.05, 3.63) is 42.4 Å². The van der Waals surface area contributed by atoms with E-state index in [-0.39, 0.29) is 5.91 Å². The number of carbonyl (C=O) groups is 1. The van der Waals surface area contributed by atoms with Gasteiger partial charge in [0.05, 0.1) is 25.5 Å². The first-order chi connectivity index (χ1) is 12.2. The van der Waals surface area contributed by atoms with Gasteiger partial charge in [-0.2, -0.15) is 0 Å². The highest BCUT2D eigenvalue weighted by atomic mass is 16.5. The van der Waals surface area contributed by atoms with Crippen LogP contribution in [0.15, 0.2) is 36.8 Å². The van der Waals surface area contributed by atoms with Crippen molar-refractivity contribution in [2.24, 2.45) is 0 Å². The Hall–Kier alpha value is -2.67. The van der Waals surface area contributed by atoms with Crippen molar-refractivity contribution in [1.29, 1.82) is 0 Å². The van der Waals surface area contributed by atoms with Crippen LogP contribution in [0, 0.1) is 6.92 Å². The summed E-state index contributed by atoms with van der Waals surface area (Å²) < 4.78 is 5.31. The average Bonchev–Trinajstić information content (AvgIpc) is 2.63. The molecule has 1 N–H and O–H groups in total. The lowest BCUT2D eigenvalue weighted by Gasteiger charge is -2.34. The molecule has 1 aromatic carbocycles. The van der Waals surface area contributed by atoms with E-state index in [9.17, 15) is 4.79 Å². The Morgan fingerprint density at radius 2 is 2.04 bits per heavy atom. The third-order valence-corrected chi connectivity index (χ3v) is 4.24. The maximum absolute atomic E-state index is 12.4. The number of methoxy groups -OCH3 is 1. The molecule has 1 fully saturated rings. The standard InChI is InChI=1S/C18H23N5O2/c1-14-3-4-16(25-2)15(11-14)21-18(24)13-22-7-9-23(10-8-22)17-12-19-5-6-20-17/h3-6,11-12H,7-10,13H2,1-2H3,(H,21,24). The van der Waals surface area contributed by atoms with Crippen molar-refractivity contribution in [3.63, 3.8) is 0 Å². The first kappa shape index (κ1) is 17.2. The van der Waals surface area contributed by atoms with Gasteiger partial charge in [0.2, 0.25) is 5.91 Å². The molecule has 0 atom stereocenters. The van der Waals surface area contributed by atoms with E-state index in [1.165, 1.54) is 0 Å². The van der Waals surface area contributed by atoms with Gasteiger partial charge >= 0.3 is 0 Å². The number of rotatable bonds is 5. The van der Waals surface area contributed by atoms with Crippen LogP contribution in [-0.4, -0.2) is 60.6 Å². The highest BCUT2D eigenvalue weighted by Crippen LogP contribution is 2.25. The predicted octanol–water partition coefficient (Wildman–Crippen LogP) is 1.55. The zero-order valence-electron chi connectivity index (χ0n) is 14.6. The minimum atomic E-state index is -0.0307. The molecule has 0 unspecified atom stereocenters. The van der Waals surface area contributed by atoms with Crippen molar-refractivity contribution in [1.82, 2.24) is 14.9 Å². The van der Waals surface area contributed by atoms with E-state index in [0.717, 1.165) is 37.6 Å². The molecule has 1 aromatic heterocycles. The van der Waals surface area contributed by atoms with E-state index >= 15 is 0 Å². The van der Waals surface area contributed by atoms with E-state index in [0.29, 0.717) is 18.0 Å². The first-order valence-electron chi connectivity index (χ1n) is 8.33. The molecule has 2 aromatic rings. The summed E-state index contributed by atoms with van der Waals surface area (Å²) in [5, 5.41) is 2.95. The molecule has 2 heterocycles. The van der Waals surface area contributed by atoms with Crippen LogP contribution in [0.3, 0.4) is 0 Å². The molecule has 7 nitrogen and oxygen atoms in total. The molecule has 0 saturated carbocycles. The molecule has 3 rings (SSSR count). The number of amides is 1. The van der Waals surface area contributed by atoms with Gasteiger partial charge in [0.25, 0.3) is 0 Å². The molecule has 7 heteroatoms. The lowest BCUT2D eigenvalue weighted by Crippen LogP contribution is -2.49. The van der Waals surface area contributed by atoms with Gasteiger partial charge in [0.1, 0.15) is 11.6 Å². The second-order valence-corrected chi connectivity index (χ2v) is 6.08. The molecule has 132 valence electrons. The number of anilines is 2. The summed E-state index contributed by atoms with van der Waals surface area (Å²) in [6.07, 6.45) is 5.14. The van der Waals surface area contributed by atoms with Gasteiger partial charge in [-0.1, -0.05) is 6.07 Å². The molecule has 0 aliphatic carbocycles. The number of hydrogen-bond acceptors (Lipinski definition) is 6. The number of benzene rings is 1. The fraction of sp³-hybridized carbons (Fsp3) is 0.389. The number of ether oxygens (including phenoxy) is 1. The minimum Gasteiger partial charge on any atom is -0.495 e. The van der Waals surface area contributed by atoms with Crippen LogP contribution < -0.4 is 15.0 Å². The number of aromatic nitrogens is 2. The Kier molecular flexibility index (Phi) is 5.45. The van der Waals surface area contributed by atoms with E-state index in [1.54, 1.807) is 25.7 Å². The van der Waals surface area contributed by atoms with Gasteiger partial charge in [-0.15, -0.1) is 0 Å². The van der Waals surface area contributed by atoms with Crippen LogP contribution >= 0.6 is 0 Å². The van der Waals surface area contributed by atoms with Gasteiger partial charge in [0.15, 0.2) is 0 Å². The van der Waals surface area contributed by atoms with Gasteiger partial charge < -0.3 is 15.0 Å². The van der Waals surface area contributed by atoms with Gasteiger partial charge in [0, 0.05) is 38.6 Å². The first-order valence-corrected chi connectivity index (χ1v) is 8.33. The second-order valence-electron chi connectivity index (χ2n) is 6.08. The Labute approximate surface area is 147 Å². The fourth-order valence-electron chi connectivity index (χ4n) is 2.90. The number of nitrogens with one attached hydrogen (secondary N) is 1. The van der Waals surface area contributed by atoms with Crippen LogP contribution in [0.1, 0.15) is 5.56 Å². The summed E-state index contributed by atoms with van der Waals surface area (Å²) in [4.78, 5) is 25.1. The minimum absolute atomic E-state index is 0.0307. The van der Waals surface area contributed by atoms with Crippen molar-refractivity contribution < 1.29 is 9.53 Å². The number of piperazine rings is 1. The Morgan fingerprint density at radius 1 is 1.24 bits per heavy atom. The summed E-state index contributed by atoms with van der Waals surface area (Å²) >= 11 is 0. The quantitative estimate of drug-likeness (QED) is 0.890. The number of nitrogens with zero attached hydrogens (tertiary/aromatic N) is 4. The van der Waals surface area contributed by atoms with Crippen molar-refractivity contribution in [2.75, 3.05) is 50.1 Å². The summed E-state index contributed by atoms with van der Waals surface area (Å²) in [7, 11) is 1.60. The molecular formula is C18H23N5O2. The molecule has 1 saturated heterocycles. The zero-order valence-corrected chi connectivity index (χ0v) is 14.6. The van der Waals surface area contributed by atoms with E-state index in [2.05, 4.69) is 25.1 Å².